The summed E-state index contributed by atoms with van der Waals surface area (Å²) in [6.07, 6.45) is 5.64. The van der Waals surface area contributed by atoms with Gasteiger partial charge in [-0.1, -0.05) is 0 Å². The molecule has 1 saturated heterocycles. The Labute approximate surface area is 67.0 Å². The second-order valence-electron chi connectivity index (χ2n) is 2.36. The lowest BCUT2D eigenvalue weighted by Gasteiger charge is -2.01. The highest BCUT2D eigenvalue weighted by Gasteiger charge is 2.03. The van der Waals surface area contributed by atoms with Crippen LogP contribution in [-0.2, 0) is 0 Å². The summed E-state index contributed by atoms with van der Waals surface area (Å²) in [5.41, 5.74) is 0. The third-order valence-electron chi connectivity index (χ3n) is 1.44. The Morgan fingerprint density at radius 1 is 1.18 bits per heavy atom. The Morgan fingerprint density at radius 3 is 1.73 bits per heavy atom. The highest BCUT2D eigenvalue weighted by Crippen LogP contribution is 2.01. The zero-order valence-corrected chi connectivity index (χ0v) is 6.67. The van der Waals surface area contributed by atoms with Crippen LogP contribution >= 0.6 is 0 Å². The first kappa shape index (κ1) is 9.74. The first-order valence-corrected chi connectivity index (χ1v) is 3.53. The molecule has 1 fully saturated rings. The van der Waals surface area contributed by atoms with Gasteiger partial charge in [0.2, 0.25) is 0 Å². The molecule has 1 heterocycles. The first-order valence-electron chi connectivity index (χ1n) is 3.53. The molecular weight excluding hydrogens is 140 g/mol. The van der Waals surface area contributed by atoms with E-state index < -0.39 is 0 Å². The predicted octanol–water partition coefficient (Wildman–Crippen LogP) is 0.250. The van der Waals surface area contributed by atoms with Gasteiger partial charge in [0, 0.05) is 0 Å². The predicted molar refractivity (Wildman–Crippen MR) is 41.1 cm³/mol. The van der Waals surface area contributed by atoms with Crippen LogP contribution in [0.3, 0.4) is 0 Å². The Kier molecular flexibility index (Phi) is 6.07. The molecule has 0 unspecified atom stereocenters. The van der Waals surface area contributed by atoms with Gasteiger partial charge in [-0.25, -0.2) is 5.32 Å². The average Bonchev–Trinajstić information content (AvgIpc) is 2.43. The highest BCUT2D eigenvalue weighted by molar-refractivity contribution is 4.77. The van der Waals surface area contributed by atoms with Gasteiger partial charge in [0.15, 0.2) is 12.4 Å². The quantitative estimate of drug-likeness (QED) is 0.399. The SMILES string of the molecule is CN1CCCC1.N#CNC#N. The molecule has 0 aromatic heterocycles. The van der Waals surface area contributed by atoms with Gasteiger partial charge in [0.25, 0.3) is 0 Å². The molecule has 0 aromatic carbocycles. The lowest BCUT2D eigenvalue weighted by atomic mass is 10.4. The van der Waals surface area contributed by atoms with Crippen LogP contribution in [0.2, 0.25) is 0 Å². The second-order valence-corrected chi connectivity index (χ2v) is 2.36. The van der Waals surface area contributed by atoms with Crippen LogP contribution in [0.5, 0.6) is 0 Å². The second kappa shape index (κ2) is 6.85. The van der Waals surface area contributed by atoms with Gasteiger partial charge >= 0.3 is 0 Å². The van der Waals surface area contributed by atoms with Gasteiger partial charge in [-0.2, -0.15) is 10.5 Å². The van der Waals surface area contributed by atoms with E-state index in [2.05, 4.69) is 11.9 Å². The summed E-state index contributed by atoms with van der Waals surface area (Å²) in [4.78, 5) is 2.36. The van der Waals surface area contributed by atoms with Crippen molar-refractivity contribution in [3.8, 4) is 12.4 Å². The maximum atomic E-state index is 7.48. The van der Waals surface area contributed by atoms with E-state index in [-0.39, 0.29) is 0 Å². The fourth-order valence-corrected chi connectivity index (χ4v) is 0.900. The summed E-state index contributed by atoms with van der Waals surface area (Å²) in [6.45, 7) is 2.64. The van der Waals surface area contributed by atoms with E-state index in [1.165, 1.54) is 38.3 Å². The van der Waals surface area contributed by atoms with E-state index in [1.807, 2.05) is 0 Å². The Balaban J connectivity index is 0.000000187. The monoisotopic (exact) mass is 152 g/mol. The molecule has 1 N–H and O–H groups in total. The van der Waals surface area contributed by atoms with E-state index >= 15 is 0 Å². The molecule has 4 heteroatoms. The van der Waals surface area contributed by atoms with Crippen molar-refractivity contribution in [3.05, 3.63) is 0 Å². The van der Waals surface area contributed by atoms with Crippen LogP contribution < -0.4 is 5.32 Å². The van der Waals surface area contributed by atoms with E-state index in [9.17, 15) is 0 Å². The van der Waals surface area contributed by atoms with E-state index in [0.29, 0.717) is 0 Å². The van der Waals surface area contributed by atoms with Crippen LogP contribution in [0.1, 0.15) is 12.8 Å². The maximum Gasteiger partial charge on any atom is 0.190 e. The molecule has 0 saturated carbocycles. The summed E-state index contributed by atoms with van der Waals surface area (Å²) < 4.78 is 0. The van der Waals surface area contributed by atoms with Gasteiger partial charge in [-0.3, -0.25) is 0 Å². The van der Waals surface area contributed by atoms with Crippen LogP contribution in [0.25, 0.3) is 0 Å². The molecule has 0 amide bonds. The van der Waals surface area contributed by atoms with Crippen molar-refractivity contribution in [1.29, 1.82) is 10.5 Å². The number of hydrogen-bond acceptors (Lipinski definition) is 4. The molecule has 0 aliphatic carbocycles. The number of likely N-dealkylation sites (tertiary alicyclic amines) is 1. The summed E-state index contributed by atoms with van der Waals surface area (Å²) >= 11 is 0. The minimum Gasteiger partial charge on any atom is -0.306 e. The summed E-state index contributed by atoms with van der Waals surface area (Å²) in [6, 6.07) is 0. The maximum absolute atomic E-state index is 7.48. The van der Waals surface area contributed by atoms with Gasteiger partial charge in [-0.15, -0.1) is 0 Å². The summed E-state index contributed by atoms with van der Waals surface area (Å²) in [5.74, 6) is 0. The van der Waals surface area contributed by atoms with Crippen molar-refractivity contribution < 1.29 is 0 Å². The van der Waals surface area contributed by atoms with Crippen molar-refractivity contribution in [2.24, 2.45) is 0 Å². The number of hydrogen-bond donors (Lipinski definition) is 1. The third-order valence-corrected chi connectivity index (χ3v) is 1.44. The average molecular weight is 152 g/mol. The Morgan fingerprint density at radius 2 is 1.64 bits per heavy atom. The lowest BCUT2D eigenvalue weighted by Crippen LogP contribution is -2.10. The fraction of sp³-hybridized carbons (Fsp3) is 0.714. The number of nitrogens with one attached hydrogen (secondary N) is 1. The van der Waals surface area contributed by atoms with Crippen molar-refractivity contribution in [2.45, 2.75) is 12.8 Å². The summed E-state index contributed by atoms with van der Waals surface area (Å²) in [5, 5.41) is 16.7. The first-order chi connectivity index (χ1) is 5.31. The highest BCUT2D eigenvalue weighted by atomic mass is 15.1. The molecule has 1 aliphatic rings. The van der Waals surface area contributed by atoms with Crippen molar-refractivity contribution in [3.63, 3.8) is 0 Å². The van der Waals surface area contributed by atoms with Gasteiger partial charge in [-0.05, 0) is 33.0 Å². The van der Waals surface area contributed by atoms with Crippen LogP contribution in [0.15, 0.2) is 0 Å². The van der Waals surface area contributed by atoms with Gasteiger partial charge in [0.1, 0.15) is 0 Å². The molecule has 0 spiro atoms. The normalized spacial score (nSPS) is 15.5. The molecule has 1 rings (SSSR count). The Hall–Kier alpha value is -1.26. The summed E-state index contributed by atoms with van der Waals surface area (Å²) in [7, 11) is 2.17. The molecular formula is C7H12N4. The minimum absolute atomic E-state index is 1.32. The molecule has 0 bridgehead atoms. The molecule has 0 atom stereocenters. The zero-order valence-electron chi connectivity index (χ0n) is 6.67. The number of nitriles is 2. The topological polar surface area (TPSA) is 62.9 Å². The van der Waals surface area contributed by atoms with Gasteiger partial charge < -0.3 is 4.90 Å². The third kappa shape index (κ3) is 6.63. The standard InChI is InChI=1S/C5H11N.C2HN3/c1-6-4-2-3-5-6;3-1-5-2-4/h2-5H2,1H3;5H. The van der Waals surface area contributed by atoms with Gasteiger partial charge in [0.05, 0.1) is 0 Å². The van der Waals surface area contributed by atoms with Crippen molar-refractivity contribution in [1.82, 2.24) is 10.2 Å². The minimum atomic E-state index is 1.32. The lowest BCUT2D eigenvalue weighted by molar-refractivity contribution is 0.418. The van der Waals surface area contributed by atoms with E-state index in [1.54, 1.807) is 5.32 Å². The molecule has 0 radical (unpaired) electrons. The molecule has 60 valence electrons. The van der Waals surface area contributed by atoms with Crippen molar-refractivity contribution >= 4 is 0 Å². The largest absolute Gasteiger partial charge is 0.306 e. The van der Waals surface area contributed by atoms with Crippen LogP contribution in [0, 0.1) is 22.9 Å². The van der Waals surface area contributed by atoms with E-state index in [0.717, 1.165) is 0 Å². The zero-order chi connectivity index (χ0) is 8.53. The van der Waals surface area contributed by atoms with Crippen molar-refractivity contribution in [2.75, 3.05) is 20.1 Å². The fourth-order valence-electron chi connectivity index (χ4n) is 0.900. The Bertz CT molecular complexity index is 146. The van der Waals surface area contributed by atoms with E-state index in [4.69, 9.17) is 10.5 Å². The molecule has 4 nitrogen and oxygen atoms in total. The molecule has 11 heavy (non-hydrogen) atoms. The van der Waals surface area contributed by atoms with Crippen LogP contribution in [0.4, 0.5) is 0 Å². The molecule has 0 aromatic rings. The number of nitrogens with zero attached hydrogens (tertiary/aromatic N) is 3. The molecule has 1 aliphatic heterocycles. The van der Waals surface area contributed by atoms with Crippen LogP contribution in [-0.4, -0.2) is 25.0 Å². The number of rotatable bonds is 0. The smallest absolute Gasteiger partial charge is 0.190 e.